The highest BCUT2D eigenvalue weighted by Gasteiger charge is 2.15. The molecular formula is C19H19ClN4O3. The Morgan fingerprint density at radius 2 is 1.85 bits per heavy atom. The van der Waals surface area contributed by atoms with Crippen molar-refractivity contribution >= 4 is 17.3 Å². The second-order valence-electron chi connectivity index (χ2n) is 6.12. The molecule has 0 aliphatic heterocycles. The molecule has 0 aliphatic carbocycles. The van der Waals surface area contributed by atoms with Gasteiger partial charge in [0, 0.05) is 18.7 Å². The van der Waals surface area contributed by atoms with E-state index in [9.17, 15) is 10.1 Å². The van der Waals surface area contributed by atoms with E-state index in [4.69, 9.17) is 16.0 Å². The number of nitro benzene ring substituents is 1. The molecule has 2 aromatic carbocycles. The van der Waals surface area contributed by atoms with E-state index in [0.717, 1.165) is 18.5 Å². The number of halogens is 1. The fourth-order valence-electron chi connectivity index (χ4n) is 2.76. The molecule has 3 rings (SSSR count). The highest BCUT2D eigenvalue weighted by molar-refractivity contribution is 6.33. The first-order chi connectivity index (χ1) is 13.1. The third-order valence-corrected chi connectivity index (χ3v) is 4.35. The molecule has 0 N–H and O–H groups in total. The van der Waals surface area contributed by atoms with E-state index in [-0.39, 0.29) is 5.69 Å². The average Bonchev–Trinajstić information content (AvgIpc) is 3.11. The molecule has 0 saturated heterocycles. The van der Waals surface area contributed by atoms with Gasteiger partial charge in [0.15, 0.2) is 0 Å². The highest BCUT2D eigenvalue weighted by Crippen LogP contribution is 2.26. The number of hydrogen-bond acceptors (Lipinski definition) is 6. The Kier molecular flexibility index (Phi) is 6.16. The Balaban J connectivity index is 1.71. The van der Waals surface area contributed by atoms with Gasteiger partial charge in [-0.05, 0) is 30.7 Å². The molecule has 8 heteroatoms. The molecule has 7 nitrogen and oxygen atoms in total. The smallest absolute Gasteiger partial charge is 0.269 e. The van der Waals surface area contributed by atoms with E-state index in [1.54, 1.807) is 18.2 Å². The van der Waals surface area contributed by atoms with Gasteiger partial charge in [0.25, 0.3) is 5.69 Å². The molecule has 0 atom stereocenters. The van der Waals surface area contributed by atoms with Crippen LogP contribution in [0, 0.1) is 10.1 Å². The van der Waals surface area contributed by atoms with Crippen LogP contribution in [0.5, 0.6) is 0 Å². The first-order valence-corrected chi connectivity index (χ1v) is 8.97. The summed E-state index contributed by atoms with van der Waals surface area (Å²) in [6, 6.07) is 13.9. The minimum absolute atomic E-state index is 0.0853. The minimum atomic E-state index is -0.401. The van der Waals surface area contributed by atoms with Crippen LogP contribution in [-0.4, -0.2) is 26.6 Å². The normalized spacial score (nSPS) is 11.1. The molecule has 0 amide bonds. The van der Waals surface area contributed by atoms with E-state index in [0.29, 0.717) is 35.5 Å². The summed E-state index contributed by atoms with van der Waals surface area (Å²) in [6.45, 7) is 4.05. The van der Waals surface area contributed by atoms with Gasteiger partial charge in [-0.2, -0.15) is 0 Å². The Hall–Kier alpha value is -2.77. The number of nitro groups is 1. The fourth-order valence-corrected chi connectivity index (χ4v) is 2.98. The summed E-state index contributed by atoms with van der Waals surface area (Å²) in [5.74, 6) is 0.891. The third kappa shape index (κ3) is 4.90. The molecule has 3 aromatic rings. The minimum Gasteiger partial charge on any atom is -0.419 e. The van der Waals surface area contributed by atoms with Gasteiger partial charge in [0.1, 0.15) is 0 Å². The van der Waals surface area contributed by atoms with Crippen LogP contribution in [0.2, 0.25) is 5.02 Å². The van der Waals surface area contributed by atoms with Crippen LogP contribution >= 0.6 is 11.6 Å². The molecule has 0 aliphatic rings. The van der Waals surface area contributed by atoms with Gasteiger partial charge in [-0.15, -0.1) is 10.2 Å². The van der Waals surface area contributed by atoms with Gasteiger partial charge in [0.2, 0.25) is 11.8 Å². The second kappa shape index (κ2) is 8.75. The molecule has 1 heterocycles. The number of non-ortho nitro benzene ring substituents is 1. The van der Waals surface area contributed by atoms with Gasteiger partial charge >= 0.3 is 0 Å². The molecule has 0 unspecified atom stereocenters. The Morgan fingerprint density at radius 3 is 2.52 bits per heavy atom. The predicted molar refractivity (Wildman–Crippen MR) is 102 cm³/mol. The number of aromatic nitrogens is 2. The topological polar surface area (TPSA) is 85.3 Å². The summed E-state index contributed by atoms with van der Waals surface area (Å²) in [6.07, 6.45) is 0.957. The summed E-state index contributed by atoms with van der Waals surface area (Å²) in [5, 5.41) is 19.6. The van der Waals surface area contributed by atoms with Crippen LogP contribution in [0.25, 0.3) is 11.5 Å². The predicted octanol–water partition coefficient (Wildman–Crippen LogP) is 4.71. The maximum absolute atomic E-state index is 10.8. The van der Waals surface area contributed by atoms with Crippen molar-refractivity contribution in [1.29, 1.82) is 0 Å². The Bertz CT molecular complexity index is 911. The second-order valence-corrected chi connectivity index (χ2v) is 6.52. The summed E-state index contributed by atoms with van der Waals surface area (Å²) < 4.78 is 5.78. The monoisotopic (exact) mass is 386 g/mol. The van der Waals surface area contributed by atoms with Crippen LogP contribution in [0.4, 0.5) is 5.69 Å². The molecule has 0 bridgehead atoms. The fraction of sp³-hybridized carbons (Fsp3) is 0.263. The van der Waals surface area contributed by atoms with Crippen molar-refractivity contribution in [2.24, 2.45) is 0 Å². The zero-order valence-corrected chi connectivity index (χ0v) is 15.6. The van der Waals surface area contributed by atoms with Crippen LogP contribution in [0.15, 0.2) is 52.9 Å². The van der Waals surface area contributed by atoms with Crippen LogP contribution in [-0.2, 0) is 13.1 Å². The Labute approximate surface area is 161 Å². The van der Waals surface area contributed by atoms with Crippen LogP contribution in [0.1, 0.15) is 24.8 Å². The Morgan fingerprint density at radius 1 is 1.11 bits per heavy atom. The highest BCUT2D eigenvalue weighted by atomic mass is 35.5. The van der Waals surface area contributed by atoms with Crippen molar-refractivity contribution in [3.63, 3.8) is 0 Å². The SMILES string of the molecule is CCCN(Cc1ccc([N+](=O)[O-])cc1)Cc1nnc(-c2ccccc2Cl)o1. The quantitative estimate of drug-likeness (QED) is 0.411. The number of rotatable bonds is 8. The largest absolute Gasteiger partial charge is 0.419 e. The van der Waals surface area contributed by atoms with Crippen LogP contribution in [0.3, 0.4) is 0 Å². The van der Waals surface area contributed by atoms with E-state index in [1.165, 1.54) is 12.1 Å². The molecule has 0 fully saturated rings. The molecule has 0 spiro atoms. The van der Waals surface area contributed by atoms with E-state index in [2.05, 4.69) is 22.0 Å². The zero-order valence-electron chi connectivity index (χ0n) is 14.8. The molecule has 27 heavy (non-hydrogen) atoms. The van der Waals surface area contributed by atoms with Crippen molar-refractivity contribution in [2.45, 2.75) is 26.4 Å². The number of hydrogen-bond donors (Lipinski definition) is 0. The van der Waals surface area contributed by atoms with Gasteiger partial charge < -0.3 is 4.42 Å². The maximum Gasteiger partial charge on any atom is 0.269 e. The van der Waals surface area contributed by atoms with E-state index < -0.39 is 4.92 Å². The summed E-state index contributed by atoms with van der Waals surface area (Å²) >= 11 is 6.18. The van der Waals surface area contributed by atoms with Gasteiger partial charge in [0.05, 0.1) is 22.1 Å². The lowest BCUT2D eigenvalue weighted by Gasteiger charge is -2.19. The summed E-state index contributed by atoms with van der Waals surface area (Å²) in [7, 11) is 0. The number of nitrogens with zero attached hydrogens (tertiary/aromatic N) is 4. The summed E-state index contributed by atoms with van der Waals surface area (Å²) in [4.78, 5) is 12.5. The van der Waals surface area contributed by atoms with E-state index in [1.807, 2.05) is 18.2 Å². The van der Waals surface area contributed by atoms with Crippen molar-refractivity contribution in [2.75, 3.05) is 6.54 Å². The first-order valence-electron chi connectivity index (χ1n) is 8.59. The number of benzene rings is 2. The molecule has 1 aromatic heterocycles. The van der Waals surface area contributed by atoms with Crippen LogP contribution < -0.4 is 0 Å². The molecule has 0 saturated carbocycles. The van der Waals surface area contributed by atoms with Crippen molar-refractivity contribution in [1.82, 2.24) is 15.1 Å². The van der Waals surface area contributed by atoms with Gasteiger partial charge in [-0.3, -0.25) is 15.0 Å². The van der Waals surface area contributed by atoms with Gasteiger partial charge in [-0.1, -0.05) is 42.8 Å². The standard InChI is InChI=1S/C19H19ClN4O3/c1-2-11-23(12-14-7-9-15(10-8-14)24(25)26)13-18-21-22-19(27-18)16-5-3-4-6-17(16)20/h3-10H,2,11-13H2,1H3. The van der Waals surface area contributed by atoms with Gasteiger partial charge in [-0.25, -0.2) is 0 Å². The molecule has 0 radical (unpaired) electrons. The molecule has 140 valence electrons. The lowest BCUT2D eigenvalue weighted by molar-refractivity contribution is -0.384. The van der Waals surface area contributed by atoms with Crippen molar-refractivity contribution < 1.29 is 9.34 Å². The zero-order chi connectivity index (χ0) is 19.2. The lowest BCUT2D eigenvalue weighted by atomic mass is 10.2. The van der Waals surface area contributed by atoms with E-state index >= 15 is 0 Å². The first kappa shape index (κ1) is 19.0. The van der Waals surface area contributed by atoms with Crippen molar-refractivity contribution in [3.05, 3.63) is 75.1 Å². The lowest BCUT2D eigenvalue weighted by Crippen LogP contribution is -2.23. The maximum atomic E-state index is 10.8. The van der Waals surface area contributed by atoms with Crippen molar-refractivity contribution in [3.8, 4) is 11.5 Å². The third-order valence-electron chi connectivity index (χ3n) is 4.02. The summed E-state index contributed by atoms with van der Waals surface area (Å²) in [5.41, 5.74) is 1.78. The average molecular weight is 387 g/mol. The molecular weight excluding hydrogens is 368 g/mol.